The molecule has 0 aromatic heterocycles. The van der Waals surface area contributed by atoms with Gasteiger partial charge in [0, 0.05) is 25.7 Å². The van der Waals surface area contributed by atoms with Crippen LogP contribution in [-0.2, 0) is 11.3 Å². The van der Waals surface area contributed by atoms with Crippen molar-refractivity contribution in [2.75, 3.05) is 33.3 Å². The standard InChI is InChI=1S/C21H36N2O2/c1-18(2)25-15-12-21(24)17-23-13-7-10-20(11-14-23)22(3)16-19-8-5-4-6-9-19/h4-6,8-9,18,20-21,24H,7,10-17H2,1-3H3/t20-,21-/m1/s1. The van der Waals surface area contributed by atoms with Gasteiger partial charge in [0.2, 0.25) is 0 Å². The van der Waals surface area contributed by atoms with Gasteiger partial charge in [-0.3, -0.25) is 4.90 Å². The molecule has 0 bridgehead atoms. The lowest BCUT2D eigenvalue weighted by Crippen LogP contribution is -2.35. The van der Waals surface area contributed by atoms with E-state index >= 15 is 0 Å². The number of ether oxygens (including phenoxy) is 1. The highest BCUT2D eigenvalue weighted by Gasteiger charge is 2.21. The number of rotatable bonds is 9. The van der Waals surface area contributed by atoms with Crippen LogP contribution in [0.2, 0.25) is 0 Å². The van der Waals surface area contributed by atoms with Crippen LogP contribution in [0.25, 0.3) is 0 Å². The van der Waals surface area contributed by atoms with Crippen LogP contribution in [0.1, 0.15) is 45.1 Å². The second-order valence-corrected chi connectivity index (χ2v) is 7.65. The molecule has 0 unspecified atom stereocenters. The first-order chi connectivity index (χ1) is 12.0. The first-order valence-electron chi connectivity index (χ1n) is 9.80. The van der Waals surface area contributed by atoms with Gasteiger partial charge in [0.05, 0.1) is 12.2 Å². The van der Waals surface area contributed by atoms with Gasteiger partial charge in [-0.15, -0.1) is 0 Å². The number of nitrogens with zero attached hydrogens (tertiary/aromatic N) is 2. The fourth-order valence-electron chi connectivity index (χ4n) is 3.59. The molecule has 0 saturated carbocycles. The Morgan fingerprint density at radius 3 is 2.68 bits per heavy atom. The fraction of sp³-hybridized carbons (Fsp3) is 0.714. The van der Waals surface area contributed by atoms with E-state index in [1.54, 1.807) is 0 Å². The molecule has 1 saturated heterocycles. The smallest absolute Gasteiger partial charge is 0.0689 e. The number of aliphatic hydroxyl groups excluding tert-OH is 1. The van der Waals surface area contributed by atoms with Crippen LogP contribution in [0, 0.1) is 0 Å². The van der Waals surface area contributed by atoms with Crippen molar-refractivity contribution in [1.82, 2.24) is 9.80 Å². The Labute approximate surface area is 153 Å². The van der Waals surface area contributed by atoms with Crippen LogP contribution < -0.4 is 0 Å². The lowest BCUT2D eigenvalue weighted by Gasteiger charge is -2.27. The molecule has 1 aromatic rings. The highest BCUT2D eigenvalue weighted by Crippen LogP contribution is 2.18. The van der Waals surface area contributed by atoms with E-state index in [1.165, 1.54) is 24.8 Å². The van der Waals surface area contributed by atoms with E-state index in [9.17, 15) is 5.11 Å². The van der Waals surface area contributed by atoms with E-state index in [4.69, 9.17) is 4.74 Å². The molecule has 4 nitrogen and oxygen atoms in total. The Morgan fingerprint density at radius 1 is 1.20 bits per heavy atom. The minimum absolute atomic E-state index is 0.242. The predicted octanol–water partition coefficient (Wildman–Crippen LogP) is 3.15. The zero-order chi connectivity index (χ0) is 18.1. The number of likely N-dealkylation sites (tertiary alicyclic amines) is 1. The highest BCUT2D eigenvalue weighted by molar-refractivity contribution is 5.14. The summed E-state index contributed by atoms with van der Waals surface area (Å²) in [5, 5.41) is 10.2. The minimum atomic E-state index is -0.280. The maximum absolute atomic E-state index is 10.2. The van der Waals surface area contributed by atoms with Gasteiger partial charge >= 0.3 is 0 Å². The first kappa shape index (κ1) is 20.4. The van der Waals surface area contributed by atoms with E-state index in [-0.39, 0.29) is 12.2 Å². The van der Waals surface area contributed by atoms with Crippen molar-refractivity contribution < 1.29 is 9.84 Å². The second kappa shape index (κ2) is 10.9. The molecule has 4 heteroatoms. The Kier molecular flexibility index (Phi) is 8.90. The molecular formula is C21H36N2O2. The third kappa shape index (κ3) is 7.87. The summed E-state index contributed by atoms with van der Waals surface area (Å²) in [7, 11) is 2.24. The maximum Gasteiger partial charge on any atom is 0.0689 e. The third-order valence-corrected chi connectivity index (χ3v) is 5.06. The van der Waals surface area contributed by atoms with Crippen molar-refractivity contribution in [2.45, 2.75) is 64.3 Å². The Balaban J connectivity index is 1.72. The van der Waals surface area contributed by atoms with E-state index < -0.39 is 0 Å². The summed E-state index contributed by atoms with van der Waals surface area (Å²) in [6, 6.07) is 11.3. The zero-order valence-corrected chi connectivity index (χ0v) is 16.2. The molecule has 0 aliphatic carbocycles. The molecule has 1 N–H and O–H groups in total. The van der Waals surface area contributed by atoms with E-state index in [2.05, 4.69) is 47.2 Å². The van der Waals surface area contributed by atoms with Crippen LogP contribution in [0.15, 0.2) is 30.3 Å². The SMILES string of the molecule is CC(C)OCC[C@@H](O)CN1CCC[C@@H](N(C)Cc2ccccc2)CC1. The number of hydrogen-bond acceptors (Lipinski definition) is 4. The zero-order valence-electron chi connectivity index (χ0n) is 16.2. The summed E-state index contributed by atoms with van der Waals surface area (Å²) in [6.45, 7) is 8.68. The van der Waals surface area contributed by atoms with Crippen molar-refractivity contribution in [2.24, 2.45) is 0 Å². The van der Waals surface area contributed by atoms with Crippen LogP contribution in [-0.4, -0.2) is 66.4 Å². The number of aliphatic hydroxyl groups is 1. The molecule has 1 aliphatic rings. The van der Waals surface area contributed by atoms with Gasteiger partial charge in [-0.2, -0.15) is 0 Å². The summed E-state index contributed by atoms with van der Waals surface area (Å²) in [5.41, 5.74) is 1.38. The van der Waals surface area contributed by atoms with Gasteiger partial charge in [-0.1, -0.05) is 30.3 Å². The largest absolute Gasteiger partial charge is 0.392 e. The molecule has 25 heavy (non-hydrogen) atoms. The molecule has 1 aromatic carbocycles. The van der Waals surface area contributed by atoms with Gasteiger partial charge in [0.15, 0.2) is 0 Å². The van der Waals surface area contributed by atoms with Gasteiger partial charge in [-0.25, -0.2) is 0 Å². The first-order valence-corrected chi connectivity index (χ1v) is 9.80. The minimum Gasteiger partial charge on any atom is -0.392 e. The molecule has 1 heterocycles. The Hall–Kier alpha value is -0.940. The van der Waals surface area contributed by atoms with Crippen molar-refractivity contribution in [3.8, 4) is 0 Å². The van der Waals surface area contributed by atoms with Crippen LogP contribution in [0.5, 0.6) is 0 Å². The molecule has 0 radical (unpaired) electrons. The summed E-state index contributed by atoms with van der Waals surface area (Å²) < 4.78 is 5.55. The van der Waals surface area contributed by atoms with Crippen molar-refractivity contribution in [1.29, 1.82) is 0 Å². The highest BCUT2D eigenvalue weighted by atomic mass is 16.5. The Morgan fingerprint density at radius 2 is 1.96 bits per heavy atom. The summed E-state index contributed by atoms with van der Waals surface area (Å²) in [4.78, 5) is 4.92. The molecule has 0 spiro atoms. The average Bonchev–Trinajstić information content (AvgIpc) is 2.81. The molecular weight excluding hydrogens is 312 g/mol. The molecule has 1 aliphatic heterocycles. The fourth-order valence-corrected chi connectivity index (χ4v) is 3.59. The topological polar surface area (TPSA) is 35.9 Å². The van der Waals surface area contributed by atoms with E-state index in [1.807, 2.05) is 13.8 Å². The number of hydrogen-bond donors (Lipinski definition) is 1. The van der Waals surface area contributed by atoms with E-state index in [0.29, 0.717) is 12.6 Å². The lowest BCUT2D eigenvalue weighted by molar-refractivity contribution is 0.0347. The number of β-amino-alcohol motifs (C(OH)–C–C–N with tert-alkyl or cyclic N) is 1. The summed E-state index contributed by atoms with van der Waals surface area (Å²) in [6.07, 6.45) is 4.32. The van der Waals surface area contributed by atoms with Crippen LogP contribution in [0.4, 0.5) is 0 Å². The lowest BCUT2D eigenvalue weighted by atomic mass is 10.1. The van der Waals surface area contributed by atoms with Gasteiger partial charge in [0.1, 0.15) is 0 Å². The number of benzene rings is 1. The van der Waals surface area contributed by atoms with Crippen LogP contribution in [0.3, 0.4) is 0 Å². The maximum atomic E-state index is 10.2. The van der Waals surface area contributed by atoms with Crippen molar-refractivity contribution >= 4 is 0 Å². The second-order valence-electron chi connectivity index (χ2n) is 7.65. The third-order valence-electron chi connectivity index (χ3n) is 5.06. The molecule has 1 fully saturated rings. The molecule has 2 rings (SSSR count). The van der Waals surface area contributed by atoms with E-state index in [0.717, 1.165) is 32.6 Å². The molecule has 0 amide bonds. The summed E-state index contributed by atoms with van der Waals surface area (Å²) in [5.74, 6) is 0. The van der Waals surface area contributed by atoms with Gasteiger partial charge in [-0.05, 0) is 65.2 Å². The monoisotopic (exact) mass is 348 g/mol. The summed E-state index contributed by atoms with van der Waals surface area (Å²) >= 11 is 0. The van der Waals surface area contributed by atoms with Gasteiger partial charge < -0.3 is 14.7 Å². The molecule has 2 atom stereocenters. The molecule has 142 valence electrons. The van der Waals surface area contributed by atoms with Crippen molar-refractivity contribution in [3.05, 3.63) is 35.9 Å². The van der Waals surface area contributed by atoms with Gasteiger partial charge in [0.25, 0.3) is 0 Å². The Bertz CT molecular complexity index is 466. The van der Waals surface area contributed by atoms with Crippen molar-refractivity contribution in [3.63, 3.8) is 0 Å². The predicted molar refractivity (Wildman–Crippen MR) is 104 cm³/mol. The van der Waals surface area contributed by atoms with Crippen LogP contribution >= 0.6 is 0 Å². The normalized spacial score (nSPS) is 20.8. The quantitative estimate of drug-likeness (QED) is 0.744. The average molecular weight is 349 g/mol.